The highest BCUT2D eigenvalue weighted by atomic mass is 16.3. The summed E-state index contributed by atoms with van der Waals surface area (Å²) in [6, 6.07) is 11.1. The Bertz CT molecular complexity index is 310. The smallest absolute Gasteiger partial charge is 0.0434 e. The first kappa shape index (κ1) is 15.2. The SMILES string of the molecule is CC(C)CC(NCC(C)CCO)c1ccccc1. The molecule has 0 bridgehead atoms. The maximum absolute atomic E-state index is 8.94. The molecule has 0 heterocycles. The van der Waals surface area contributed by atoms with Gasteiger partial charge >= 0.3 is 0 Å². The van der Waals surface area contributed by atoms with E-state index >= 15 is 0 Å². The Hall–Kier alpha value is -0.860. The van der Waals surface area contributed by atoms with Crippen molar-refractivity contribution in [1.29, 1.82) is 0 Å². The van der Waals surface area contributed by atoms with Crippen molar-refractivity contribution in [2.24, 2.45) is 11.8 Å². The summed E-state index contributed by atoms with van der Waals surface area (Å²) in [5.74, 6) is 1.20. The molecule has 1 rings (SSSR count). The molecule has 2 unspecified atom stereocenters. The zero-order valence-corrected chi connectivity index (χ0v) is 11.9. The fourth-order valence-corrected chi connectivity index (χ4v) is 2.16. The number of nitrogens with one attached hydrogen (secondary N) is 1. The first-order valence-corrected chi connectivity index (χ1v) is 7.02. The van der Waals surface area contributed by atoms with Gasteiger partial charge in [0.15, 0.2) is 0 Å². The summed E-state index contributed by atoms with van der Waals surface area (Å²) in [6.45, 7) is 7.94. The van der Waals surface area contributed by atoms with Gasteiger partial charge in [0.05, 0.1) is 0 Å². The van der Waals surface area contributed by atoms with Crippen LogP contribution in [-0.4, -0.2) is 18.3 Å². The number of aliphatic hydroxyl groups is 1. The summed E-state index contributed by atoms with van der Waals surface area (Å²) in [7, 11) is 0. The largest absolute Gasteiger partial charge is 0.396 e. The van der Waals surface area contributed by atoms with Gasteiger partial charge in [0.1, 0.15) is 0 Å². The molecule has 0 saturated carbocycles. The number of hydrogen-bond donors (Lipinski definition) is 2. The summed E-state index contributed by atoms with van der Waals surface area (Å²) in [5, 5.41) is 12.6. The molecule has 0 aliphatic carbocycles. The van der Waals surface area contributed by atoms with Crippen molar-refractivity contribution < 1.29 is 5.11 Å². The molecule has 0 radical (unpaired) electrons. The molecule has 2 atom stereocenters. The maximum atomic E-state index is 8.94. The Kier molecular flexibility index (Phi) is 6.99. The molecule has 0 fully saturated rings. The third-order valence-corrected chi connectivity index (χ3v) is 3.24. The standard InChI is InChI=1S/C16H27NO/c1-13(2)11-16(15-7-5-4-6-8-15)17-12-14(3)9-10-18/h4-8,13-14,16-18H,9-12H2,1-3H3. The van der Waals surface area contributed by atoms with Gasteiger partial charge in [-0.25, -0.2) is 0 Å². The van der Waals surface area contributed by atoms with Gasteiger partial charge in [-0.1, -0.05) is 51.1 Å². The second-order valence-electron chi connectivity index (χ2n) is 5.62. The molecule has 2 heteroatoms. The topological polar surface area (TPSA) is 32.3 Å². The van der Waals surface area contributed by atoms with Gasteiger partial charge in [-0.05, 0) is 36.8 Å². The fourth-order valence-electron chi connectivity index (χ4n) is 2.16. The van der Waals surface area contributed by atoms with E-state index in [2.05, 4.69) is 56.4 Å². The van der Waals surface area contributed by atoms with E-state index in [9.17, 15) is 0 Å². The Labute approximate surface area is 111 Å². The van der Waals surface area contributed by atoms with Crippen LogP contribution in [0.2, 0.25) is 0 Å². The van der Waals surface area contributed by atoms with Crippen LogP contribution in [-0.2, 0) is 0 Å². The highest BCUT2D eigenvalue weighted by molar-refractivity contribution is 5.18. The minimum Gasteiger partial charge on any atom is -0.396 e. The highest BCUT2D eigenvalue weighted by Gasteiger charge is 2.13. The molecule has 1 aromatic carbocycles. The number of rotatable bonds is 8. The molecule has 0 spiro atoms. The normalized spacial score (nSPS) is 14.7. The predicted octanol–water partition coefficient (Wildman–Crippen LogP) is 3.38. The van der Waals surface area contributed by atoms with Crippen molar-refractivity contribution in [1.82, 2.24) is 5.32 Å². The Morgan fingerprint density at radius 1 is 1.11 bits per heavy atom. The van der Waals surface area contributed by atoms with E-state index < -0.39 is 0 Å². The second-order valence-corrected chi connectivity index (χ2v) is 5.62. The monoisotopic (exact) mass is 249 g/mol. The summed E-state index contributed by atoms with van der Waals surface area (Å²) in [4.78, 5) is 0. The molecule has 0 aliphatic heterocycles. The molecule has 0 aliphatic rings. The van der Waals surface area contributed by atoms with Crippen molar-refractivity contribution >= 4 is 0 Å². The minimum absolute atomic E-state index is 0.281. The van der Waals surface area contributed by atoms with E-state index in [4.69, 9.17) is 5.11 Å². The molecule has 2 nitrogen and oxygen atoms in total. The Morgan fingerprint density at radius 2 is 1.78 bits per heavy atom. The predicted molar refractivity (Wildman–Crippen MR) is 77.5 cm³/mol. The number of aliphatic hydroxyl groups excluding tert-OH is 1. The minimum atomic E-state index is 0.281. The third kappa shape index (κ3) is 5.65. The number of benzene rings is 1. The van der Waals surface area contributed by atoms with E-state index in [1.807, 2.05) is 0 Å². The molecule has 2 N–H and O–H groups in total. The molecule has 102 valence electrons. The van der Waals surface area contributed by atoms with Crippen LogP contribution >= 0.6 is 0 Å². The summed E-state index contributed by atoms with van der Waals surface area (Å²) in [6.07, 6.45) is 2.02. The van der Waals surface area contributed by atoms with Gasteiger partial charge in [0.25, 0.3) is 0 Å². The quantitative estimate of drug-likeness (QED) is 0.740. The molecular weight excluding hydrogens is 222 g/mol. The van der Waals surface area contributed by atoms with Crippen molar-refractivity contribution in [3.63, 3.8) is 0 Å². The Morgan fingerprint density at radius 3 is 2.33 bits per heavy atom. The van der Waals surface area contributed by atoms with Crippen LogP contribution in [0.1, 0.15) is 45.2 Å². The molecule has 0 saturated heterocycles. The Balaban J connectivity index is 2.56. The molecule has 1 aromatic rings. The van der Waals surface area contributed by atoms with Crippen LogP contribution in [0.5, 0.6) is 0 Å². The van der Waals surface area contributed by atoms with Gasteiger partial charge in [-0.3, -0.25) is 0 Å². The van der Waals surface area contributed by atoms with Crippen molar-refractivity contribution in [3.8, 4) is 0 Å². The zero-order chi connectivity index (χ0) is 13.4. The van der Waals surface area contributed by atoms with E-state index in [1.54, 1.807) is 0 Å². The van der Waals surface area contributed by atoms with Crippen LogP contribution in [0, 0.1) is 11.8 Å². The summed E-state index contributed by atoms with van der Waals surface area (Å²) >= 11 is 0. The summed E-state index contributed by atoms with van der Waals surface area (Å²) < 4.78 is 0. The molecular formula is C16H27NO. The highest BCUT2D eigenvalue weighted by Crippen LogP contribution is 2.21. The first-order chi connectivity index (χ1) is 8.63. The van der Waals surface area contributed by atoms with Crippen LogP contribution in [0.4, 0.5) is 0 Å². The fraction of sp³-hybridized carbons (Fsp3) is 0.625. The average Bonchev–Trinajstić information content (AvgIpc) is 2.35. The summed E-state index contributed by atoms with van der Waals surface area (Å²) in [5.41, 5.74) is 1.36. The lowest BCUT2D eigenvalue weighted by atomic mass is 9.96. The maximum Gasteiger partial charge on any atom is 0.0434 e. The third-order valence-electron chi connectivity index (χ3n) is 3.24. The lowest BCUT2D eigenvalue weighted by Crippen LogP contribution is -2.27. The van der Waals surface area contributed by atoms with Crippen LogP contribution in [0.3, 0.4) is 0 Å². The average molecular weight is 249 g/mol. The second kappa shape index (κ2) is 8.28. The lowest BCUT2D eigenvalue weighted by molar-refractivity contribution is 0.256. The van der Waals surface area contributed by atoms with Crippen molar-refractivity contribution in [2.75, 3.05) is 13.2 Å². The van der Waals surface area contributed by atoms with Crippen molar-refractivity contribution in [3.05, 3.63) is 35.9 Å². The molecule has 0 aromatic heterocycles. The van der Waals surface area contributed by atoms with Gasteiger partial charge < -0.3 is 10.4 Å². The van der Waals surface area contributed by atoms with Gasteiger partial charge in [0, 0.05) is 12.6 Å². The molecule has 0 amide bonds. The van der Waals surface area contributed by atoms with Crippen molar-refractivity contribution in [2.45, 2.75) is 39.7 Å². The molecule has 18 heavy (non-hydrogen) atoms. The van der Waals surface area contributed by atoms with Gasteiger partial charge in [0.2, 0.25) is 0 Å². The van der Waals surface area contributed by atoms with Crippen LogP contribution < -0.4 is 5.32 Å². The van der Waals surface area contributed by atoms with Gasteiger partial charge in [-0.2, -0.15) is 0 Å². The number of hydrogen-bond acceptors (Lipinski definition) is 2. The van der Waals surface area contributed by atoms with E-state index in [0.29, 0.717) is 17.9 Å². The zero-order valence-electron chi connectivity index (χ0n) is 11.9. The van der Waals surface area contributed by atoms with E-state index in [-0.39, 0.29) is 6.61 Å². The van der Waals surface area contributed by atoms with Crippen LogP contribution in [0.25, 0.3) is 0 Å². The van der Waals surface area contributed by atoms with E-state index in [1.165, 1.54) is 5.56 Å². The van der Waals surface area contributed by atoms with Gasteiger partial charge in [-0.15, -0.1) is 0 Å². The van der Waals surface area contributed by atoms with Crippen LogP contribution in [0.15, 0.2) is 30.3 Å². The first-order valence-electron chi connectivity index (χ1n) is 7.02. The van der Waals surface area contributed by atoms with E-state index in [0.717, 1.165) is 19.4 Å². The lowest BCUT2D eigenvalue weighted by Gasteiger charge is -2.23.